The Balaban J connectivity index is 0. The second-order valence-corrected chi connectivity index (χ2v) is 3.73. The lowest BCUT2D eigenvalue weighted by atomic mass is 10.0. The third kappa shape index (κ3) is 11.3. The summed E-state index contributed by atoms with van der Waals surface area (Å²) in [6.45, 7) is 10.3. The number of carbonyl (C=O) groups excluding carboxylic acids is 1. The molecule has 0 heterocycles. The Morgan fingerprint density at radius 2 is 1.78 bits per heavy atom. The Morgan fingerprint density at radius 3 is 2.28 bits per heavy atom. The summed E-state index contributed by atoms with van der Waals surface area (Å²) in [5.74, 6) is 0.200. The predicted molar refractivity (Wildman–Crippen MR) is 81.6 cm³/mol. The molecule has 2 N–H and O–H groups in total. The van der Waals surface area contributed by atoms with Crippen molar-refractivity contribution in [3.05, 3.63) is 36.5 Å². The van der Waals surface area contributed by atoms with Crippen LogP contribution in [-0.2, 0) is 4.79 Å². The lowest BCUT2D eigenvalue weighted by Gasteiger charge is -2.01. The third-order valence-electron chi connectivity index (χ3n) is 2.32. The van der Waals surface area contributed by atoms with Gasteiger partial charge in [-0.15, -0.1) is 0 Å². The minimum atomic E-state index is 0.200. The highest BCUT2D eigenvalue weighted by Crippen LogP contribution is 2.09. The molecule has 0 aromatic carbocycles. The highest BCUT2D eigenvalue weighted by Gasteiger charge is 2.04. The molecule has 0 aromatic rings. The molecule has 0 bridgehead atoms. The van der Waals surface area contributed by atoms with Crippen LogP contribution in [0, 0.1) is 0 Å². The van der Waals surface area contributed by atoms with Crippen LogP contribution in [0.25, 0.3) is 0 Å². The van der Waals surface area contributed by atoms with Gasteiger partial charge in [0.2, 0.25) is 0 Å². The molecule has 0 saturated heterocycles. The highest BCUT2D eigenvalue weighted by atomic mass is 16.1. The molecule has 0 aliphatic rings. The number of carbonyl (C=O) groups is 1. The van der Waals surface area contributed by atoms with Gasteiger partial charge >= 0.3 is 0 Å². The van der Waals surface area contributed by atoms with Crippen LogP contribution < -0.4 is 5.73 Å². The number of Topliss-reactive ketones (excluding diaryl/α,β-unsaturated/α-hetero) is 1. The van der Waals surface area contributed by atoms with Crippen molar-refractivity contribution in [2.24, 2.45) is 5.73 Å². The van der Waals surface area contributed by atoms with Gasteiger partial charge in [-0.2, -0.15) is 0 Å². The van der Waals surface area contributed by atoms with Crippen LogP contribution >= 0.6 is 0 Å². The molecule has 0 rings (SSSR count). The standard InChI is InChI=1S/C14H23NO.C2H6/c1-3-9-13(10-4-2)14(16)11-7-5-6-8-12-15;1-2/h3-4,9-10H,1,5-8,11-12,15H2,2H3;1-2H3/b10-4-,13-9+;. The minimum absolute atomic E-state index is 0.200. The van der Waals surface area contributed by atoms with Crippen LogP contribution in [0.15, 0.2) is 36.5 Å². The topological polar surface area (TPSA) is 43.1 Å². The minimum Gasteiger partial charge on any atom is -0.330 e. The fourth-order valence-electron chi connectivity index (χ4n) is 1.48. The van der Waals surface area contributed by atoms with E-state index in [1.165, 1.54) is 0 Å². The van der Waals surface area contributed by atoms with Crippen molar-refractivity contribution in [3.8, 4) is 0 Å². The van der Waals surface area contributed by atoms with Crippen LogP contribution in [0.2, 0.25) is 0 Å². The Kier molecular flexibility index (Phi) is 16.9. The smallest absolute Gasteiger partial charge is 0.162 e. The van der Waals surface area contributed by atoms with Gasteiger partial charge in [0.1, 0.15) is 0 Å². The maximum Gasteiger partial charge on any atom is 0.162 e. The van der Waals surface area contributed by atoms with Gasteiger partial charge in [-0.25, -0.2) is 0 Å². The molecule has 0 spiro atoms. The Labute approximate surface area is 113 Å². The quantitative estimate of drug-likeness (QED) is 0.379. The molecule has 104 valence electrons. The summed E-state index contributed by atoms with van der Waals surface area (Å²) in [6.07, 6.45) is 12.0. The Morgan fingerprint density at radius 1 is 1.17 bits per heavy atom. The van der Waals surface area contributed by atoms with Gasteiger partial charge in [-0.05, 0) is 26.3 Å². The van der Waals surface area contributed by atoms with Crippen molar-refractivity contribution < 1.29 is 4.79 Å². The van der Waals surface area contributed by atoms with Crippen molar-refractivity contribution in [3.63, 3.8) is 0 Å². The van der Waals surface area contributed by atoms with Gasteiger partial charge in [0.25, 0.3) is 0 Å². The van der Waals surface area contributed by atoms with Crippen LogP contribution in [0.4, 0.5) is 0 Å². The zero-order valence-electron chi connectivity index (χ0n) is 12.2. The number of allylic oxidation sites excluding steroid dienone is 5. The molecule has 0 saturated carbocycles. The summed E-state index contributed by atoms with van der Waals surface area (Å²) in [6, 6.07) is 0. The molecule has 0 unspecified atom stereocenters. The summed E-state index contributed by atoms with van der Waals surface area (Å²) in [4.78, 5) is 11.8. The molecule has 2 nitrogen and oxygen atoms in total. The first-order valence-electron chi connectivity index (χ1n) is 6.95. The van der Waals surface area contributed by atoms with Gasteiger partial charge in [0, 0.05) is 12.0 Å². The first kappa shape index (κ1) is 19.2. The van der Waals surface area contributed by atoms with Crippen LogP contribution in [0.1, 0.15) is 52.9 Å². The molecular weight excluding hydrogens is 222 g/mol. The molecule has 0 atom stereocenters. The molecule has 0 radical (unpaired) electrons. The summed E-state index contributed by atoms with van der Waals surface area (Å²) in [7, 11) is 0. The van der Waals surface area contributed by atoms with Crippen LogP contribution in [0.3, 0.4) is 0 Å². The predicted octanol–water partition coefficient (Wildman–Crippen LogP) is 4.18. The van der Waals surface area contributed by atoms with Crippen LogP contribution in [-0.4, -0.2) is 12.3 Å². The lowest BCUT2D eigenvalue weighted by molar-refractivity contribution is -0.115. The van der Waals surface area contributed by atoms with Crippen molar-refractivity contribution >= 4 is 5.78 Å². The van der Waals surface area contributed by atoms with Gasteiger partial charge in [0.05, 0.1) is 0 Å². The maximum atomic E-state index is 11.8. The zero-order chi connectivity index (χ0) is 14.2. The second kappa shape index (κ2) is 15.9. The molecule has 0 aliphatic heterocycles. The fraction of sp³-hybridized carbons (Fsp3) is 0.562. The van der Waals surface area contributed by atoms with E-state index in [1.54, 1.807) is 12.2 Å². The van der Waals surface area contributed by atoms with Crippen molar-refractivity contribution in [1.82, 2.24) is 0 Å². The summed E-state index contributed by atoms with van der Waals surface area (Å²) >= 11 is 0. The molecule has 0 aromatic heterocycles. The number of hydrogen-bond acceptors (Lipinski definition) is 2. The van der Waals surface area contributed by atoms with E-state index in [-0.39, 0.29) is 5.78 Å². The van der Waals surface area contributed by atoms with E-state index < -0.39 is 0 Å². The molecule has 0 fully saturated rings. The van der Waals surface area contributed by atoms with E-state index in [9.17, 15) is 4.79 Å². The zero-order valence-corrected chi connectivity index (χ0v) is 12.2. The number of hydrogen-bond donors (Lipinski definition) is 1. The molecule has 18 heavy (non-hydrogen) atoms. The number of rotatable bonds is 9. The molecule has 0 aliphatic carbocycles. The van der Waals surface area contributed by atoms with Crippen molar-refractivity contribution in [1.29, 1.82) is 0 Å². The van der Waals surface area contributed by atoms with Crippen LogP contribution in [0.5, 0.6) is 0 Å². The average molecular weight is 251 g/mol. The van der Waals surface area contributed by atoms with Gasteiger partial charge in [-0.3, -0.25) is 4.79 Å². The molecule has 2 heteroatoms. The summed E-state index contributed by atoms with van der Waals surface area (Å²) in [5, 5.41) is 0. The van der Waals surface area contributed by atoms with E-state index in [2.05, 4.69) is 6.58 Å². The first-order chi connectivity index (χ1) is 8.76. The molecule has 0 amide bonds. The Bertz CT molecular complexity index is 264. The first-order valence-corrected chi connectivity index (χ1v) is 6.95. The molecular formula is C16H29NO. The average Bonchev–Trinajstić information content (AvgIpc) is 2.40. The normalized spacial score (nSPS) is 11.0. The van der Waals surface area contributed by atoms with Gasteiger partial charge < -0.3 is 5.73 Å². The number of ketones is 1. The van der Waals surface area contributed by atoms with Crippen molar-refractivity contribution in [2.45, 2.75) is 52.9 Å². The third-order valence-corrected chi connectivity index (χ3v) is 2.32. The lowest BCUT2D eigenvalue weighted by Crippen LogP contribution is -2.01. The second-order valence-electron chi connectivity index (χ2n) is 3.73. The monoisotopic (exact) mass is 251 g/mol. The van der Waals surface area contributed by atoms with Crippen molar-refractivity contribution in [2.75, 3.05) is 6.54 Å². The van der Waals surface area contributed by atoms with E-state index >= 15 is 0 Å². The fourth-order valence-corrected chi connectivity index (χ4v) is 1.48. The van der Waals surface area contributed by atoms with Gasteiger partial charge in [-0.1, -0.05) is 57.6 Å². The number of nitrogens with two attached hydrogens (primary N) is 1. The highest BCUT2D eigenvalue weighted by molar-refractivity contribution is 5.98. The van der Waals surface area contributed by atoms with E-state index in [4.69, 9.17) is 5.73 Å². The summed E-state index contributed by atoms with van der Waals surface area (Å²) < 4.78 is 0. The largest absolute Gasteiger partial charge is 0.330 e. The van der Waals surface area contributed by atoms with E-state index in [0.717, 1.165) is 37.8 Å². The van der Waals surface area contributed by atoms with E-state index in [0.29, 0.717) is 6.42 Å². The Hall–Kier alpha value is -1.15. The maximum absolute atomic E-state index is 11.8. The SMILES string of the molecule is C=C/C=C(\C=C/C)C(=O)CCCCCCN.CC. The van der Waals surface area contributed by atoms with Gasteiger partial charge in [0.15, 0.2) is 5.78 Å². The summed E-state index contributed by atoms with van der Waals surface area (Å²) in [5.41, 5.74) is 6.15. The number of unbranched alkanes of at least 4 members (excludes halogenated alkanes) is 3. The van der Waals surface area contributed by atoms with E-state index in [1.807, 2.05) is 32.9 Å².